The predicted molar refractivity (Wildman–Crippen MR) is 34.9 cm³/mol. The van der Waals surface area contributed by atoms with Crippen molar-refractivity contribution in [3.63, 3.8) is 0 Å². The Morgan fingerprint density at radius 1 is 1.33 bits per heavy atom. The summed E-state index contributed by atoms with van der Waals surface area (Å²) in [6.07, 6.45) is 6.38. The summed E-state index contributed by atoms with van der Waals surface area (Å²) >= 11 is 0. The van der Waals surface area contributed by atoms with Crippen LogP contribution < -0.4 is 0 Å². The average molecular weight is 126 g/mol. The summed E-state index contributed by atoms with van der Waals surface area (Å²) < 4.78 is 0. The van der Waals surface area contributed by atoms with Crippen molar-refractivity contribution in [3.05, 3.63) is 25.7 Å². The third-order valence-corrected chi connectivity index (χ3v) is 0.690. The SMILES string of the molecule is C[C@H](O)[CH][CH][CH][CH]C=O. The van der Waals surface area contributed by atoms with E-state index in [-0.39, 0.29) is 0 Å². The van der Waals surface area contributed by atoms with Gasteiger partial charge in [-0.05, 0) is 26.2 Å². The highest BCUT2D eigenvalue weighted by atomic mass is 16.3. The first kappa shape index (κ1) is 8.63. The third kappa shape index (κ3) is 7.63. The lowest BCUT2D eigenvalue weighted by Gasteiger charge is -1.98. The molecule has 1 atom stereocenters. The number of aliphatic hydroxyl groups excluding tert-OH is 1. The summed E-state index contributed by atoms with van der Waals surface area (Å²) in [6, 6.07) is 0. The highest BCUT2D eigenvalue weighted by Gasteiger charge is 1.94. The summed E-state index contributed by atoms with van der Waals surface area (Å²) in [4.78, 5) is 9.67. The van der Waals surface area contributed by atoms with E-state index in [0.29, 0.717) is 6.29 Å². The Morgan fingerprint density at radius 3 is 2.44 bits per heavy atom. The molecule has 0 saturated carbocycles. The summed E-state index contributed by atoms with van der Waals surface area (Å²) in [5.74, 6) is 0. The fraction of sp³-hybridized carbons (Fsp3) is 0.286. The summed E-state index contributed by atoms with van der Waals surface area (Å²) in [6.45, 7) is 1.64. The van der Waals surface area contributed by atoms with Crippen LogP contribution in [0.5, 0.6) is 0 Å². The first-order valence-corrected chi connectivity index (χ1v) is 2.74. The fourth-order valence-corrected chi connectivity index (χ4v) is 0.334. The van der Waals surface area contributed by atoms with Gasteiger partial charge in [0.05, 0.1) is 6.10 Å². The average Bonchev–Trinajstić information content (AvgIpc) is 1.80. The normalized spacial score (nSPS) is 13.1. The van der Waals surface area contributed by atoms with Crippen LogP contribution in [0.2, 0.25) is 0 Å². The minimum atomic E-state index is -0.443. The van der Waals surface area contributed by atoms with Crippen molar-refractivity contribution in [1.29, 1.82) is 0 Å². The van der Waals surface area contributed by atoms with Crippen molar-refractivity contribution < 1.29 is 9.90 Å². The highest BCUT2D eigenvalue weighted by molar-refractivity contribution is 5.64. The second kappa shape index (κ2) is 5.76. The van der Waals surface area contributed by atoms with E-state index in [2.05, 4.69) is 0 Å². The number of aldehydes is 1. The lowest BCUT2D eigenvalue weighted by atomic mass is 10.1. The lowest BCUT2D eigenvalue weighted by Crippen LogP contribution is -2.00. The van der Waals surface area contributed by atoms with Gasteiger partial charge >= 0.3 is 0 Å². The number of hydrogen-bond donors (Lipinski definition) is 1. The number of rotatable bonds is 5. The van der Waals surface area contributed by atoms with Gasteiger partial charge in [0.25, 0.3) is 0 Å². The van der Waals surface area contributed by atoms with Crippen molar-refractivity contribution in [2.45, 2.75) is 13.0 Å². The molecule has 0 saturated heterocycles. The van der Waals surface area contributed by atoms with Crippen LogP contribution in [-0.4, -0.2) is 17.5 Å². The topological polar surface area (TPSA) is 37.3 Å². The van der Waals surface area contributed by atoms with Crippen molar-refractivity contribution in [1.82, 2.24) is 0 Å². The molecule has 0 aliphatic heterocycles. The van der Waals surface area contributed by atoms with Crippen molar-refractivity contribution in [2.24, 2.45) is 0 Å². The maximum atomic E-state index is 9.67. The molecule has 0 spiro atoms. The molecule has 2 nitrogen and oxygen atoms in total. The Labute approximate surface area is 55.9 Å². The molecule has 1 N–H and O–H groups in total. The molecule has 4 radical (unpaired) electrons. The highest BCUT2D eigenvalue weighted by Crippen LogP contribution is 1.96. The van der Waals surface area contributed by atoms with E-state index >= 15 is 0 Å². The van der Waals surface area contributed by atoms with Crippen molar-refractivity contribution in [2.75, 3.05) is 0 Å². The van der Waals surface area contributed by atoms with Crippen LogP contribution >= 0.6 is 0 Å². The van der Waals surface area contributed by atoms with Crippen LogP contribution in [0.25, 0.3) is 0 Å². The van der Waals surface area contributed by atoms with E-state index in [0.717, 1.165) is 0 Å². The Balaban J connectivity index is 2.82. The zero-order valence-corrected chi connectivity index (χ0v) is 5.32. The third-order valence-electron chi connectivity index (χ3n) is 0.690. The molecule has 0 amide bonds. The molecule has 0 unspecified atom stereocenters. The van der Waals surface area contributed by atoms with Gasteiger partial charge in [0, 0.05) is 6.42 Å². The first-order chi connectivity index (χ1) is 4.27. The maximum Gasteiger partial charge on any atom is 0.124 e. The zero-order chi connectivity index (χ0) is 7.11. The molecule has 0 bridgehead atoms. The number of aliphatic hydroxyl groups is 1. The quantitative estimate of drug-likeness (QED) is 0.427. The molecule has 0 fully saturated rings. The number of carbonyl (C=O) groups excluding carboxylic acids is 1. The van der Waals surface area contributed by atoms with E-state index in [1.54, 1.807) is 26.2 Å². The summed E-state index contributed by atoms with van der Waals surface area (Å²) in [5.41, 5.74) is 0. The lowest BCUT2D eigenvalue weighted by molar-refractivity contribution is -0.105. The van der Waals surface area contributed by atoms with E-state index in [4.69, 9.17) is 5.11 Å². The van der Waals surface area contributed by atoms with Crippen molar-refractivity contribution >= 4 is 6.29 Å². The van der Waals surface area contributed by atoms with Crippen LogP contribution in [0.15, 0.2) is 0 Å². The molecular weight excluding hydrogens is 116 g/mol. The Kier molecular flexibility index (Phi) is 5.52. The molecule has 0 heterocycles. The molecule has 0 rings (SSSR count). The fourth-order valence-electron chi connectivity index (χ4n) is 0.334. The molecule has 0 aliphatic rings. The van der Waals surface area contributed by atoms with Gasteiger partial charge in [-0.3, -0.25) is 0 Å². The van der Waals surface area contributed by atoms with Crippen LogP contribution in [0.4, 0.5) is 0 Å². The zero-order valence-electron chi connectivity index (χ0n) is 5.32. The van der Waals surface area contributed by atoms with Gasteiger partial charge in [0.2, 0.25) is 0 Å². The first-order valence-electron chi connectivity index (χ1n) is 2.74. The largest absolute Gasteiger partial charge is 0.393 e. The van der Waals surface area contributed by atoms with Crippen LogP contribution in [0.3, 0.4) is 0 Å². The molecule has 50 valence electrons. The monoisotopic (exact) mass is 126 g/mol. The minimum Gasteiger partial charge on any atom is -0.393 e. The molecule has 0 aromatic heterocycles. The number of unbranched alkanes of at least 4 members (excludes halogenated alkanes) is 2. The Hall–Kier alpha value is -0.370. The van der Waals surface area contributed by atoms with Gasteiger partial charge in [-0.2, -0.15) is 0 Å². The Morgan fingerprint density at radius 2 is 2.00 bits per heavy atom. The maximum absolute atomic E-state index is 9.67. The second-order valence-electron chi connectivity index (χ2n) is 1.65. The summed E-state index contributed by atoms with van der Waals surface area (Å²) in [5, 5.41) is 8.64. The molecule has 0 aliphatic carbocycles. The van der Waals surface area contributed by atoms with E-state index in [9.17, 15) is 4.79 Å². The standard InChI is InChI=1S/C7H10O2/c1-7(9)5-3-2-4-6-8/h2-7,9H,1H3/t7-/m0/s1. The van der Waals surface area contributed by atoms with Crippen LogP contribution in [-0.2, 0) is 4.79 Å². The minimum absolute atomic E-state index is 0.443. The van der Waals surface area contributed by atoms with E-state index < -0.39 is 6.10 Å². The smallest absolute Gasteiger partial charge is 0.124 e. The number of carbonyl (C=O) groups is 1. The van der Waals surface area contributed by atoms with Crippen molar-refractivity contribution in [3.8, 4) is 0 Å². The van der Waals surface area contributed by atoms with Crippen LogP contribution in [0, 0.1) is 25.7 Å². The molecule has 0 aromatic carbocycles. The van der Waals surface area contributed by atoms with E-state index in [1.807, 2.05) is 0 Å². The van der Waals surface area contributed by atoms with Gasteiger partial charge in [-0.15, -0.1) is 0 Å². The molecule has 2 heteroatoms. The van der Waals surface area contributed by atoms with Gasteiger partial charge in [-0.25, -0.2) is 0 Å². The van der Waals surface area contributed by atoms with E-state index in [1.165, 1.54) is 6.42 Å². The molecular formula is C7H10O2. The van der Waals surface area contributed by atoms with Gasteiger partial charge in [0.1, 0.15) is 6.29 Å². The molecule has 9 heavy (non-hydrogen) atoms. The number of hydrogen-bond acceptors (Lipinski definition) is 2. The van der Waals surface area contributed by atoms with Gasteiger partial charge in [-0.1, -0.05) is 0 Å². The van der Waals surface area contributed by atoms with Gasteiger partial charge < -0.3 is 9.90 Å². The second-order valence-corrected chi connectivity index (χ2v) is 1.65. The molecule has 0 aromatic rings. The van der Waals surface area contributed by atoms with Crippen LogP contribution in [0.1, 0.15) is 6.92 Å². The van der Waals surface area contributed by atoms with Gasteiger partial charge in [0.15, 0.2) is 0 Å². The Bertz CT molecular complexity index is 69.3. The summed E-state index contributed by atoms with van der Waals surface area (Å²) in [7, 11) is 0. The predicted octanol–water partition coefficient (Wildman–Crippen LogP) is 0.383.